The van der Waals surface area contributed by atoms with Gasteiger partial charge in [0.05, 0.1) is 6.61 Å². The Morgan fingerprint density at radius 3 is 2.47 bits per heavy atom. The molecule has 3 heteroatoms. The van der Waals surface area contributed by atoms with Gasteiger partial charge in [0, 0.05) is 26.2 Å². The van der Waals surface area contributed by atoms with E-state index in [1.54, 1.807) is 0 Å². The van der Waals surface area contributed by atoms with E-state index in [2.05, 4.69) is 31.3 Å². The minimum Gasteiger partial charge on any atom is -0.494 e. The van der Waals surface area contributed by atoms with Crippen LogP contribution in [0.15, 0.2) is 24.3 Å². The van der Waals surface area contributed by atoms with Crippen molar-refractivity contribution in [2.75, 3.05) is 26.4 Å². The molecule has 0 aliphatic carbocycles. The van der Waals surface area contributed by atoms with Crippen LogP contribution in [-0.2, 0) is 11.3 Å². The van der Waals surface area contributed by atoms with Gasteiger partial charge in [-0.2, -0.15) is 0 Å². The van der Waals surface area contributed by atoms with Crippen molar-refractivity contribution in [3.8, 4) is 5.75 Å². The van der Waals surface area contributed by atoms with Crippen molar-refractivity contribution >= 4 is 0 Å². The van der Waals surface area contributed by atoms with E-state index in [1.165, 1.54) is 5.56 Å². The molecule has 0 saturated carbocycles. The van der Waals surface area contributed by atoms with Gasteiger partial charge in [0.15, 0.2) is 0 Å². The summed E-state index contributed by atoms with van der Waals surface area (Å²) in [5.41, 5.74) is 1.29. The lowest BCUT2D eigenvalue weighted by atomic mass is 10.2. The van der Waals surface area contributed by atoms with E-state index in [0.717, 1.165) is 38.5 Å². The Hall–Kier alpha value is -1.06. The van der Waals surface area contributed by atoms with Crippen LogP contribution in [0.4, 0.5) is 0 Å². The molecular weight excluding hydrogens is 238 g/mol. The fourth-order valence-electron chi connectivity index (χ4n) is 1.70. The zero-order chi connectivity index (χ0) is 13.9. The Labute approximate surface area is 117 Å². The highest BCUT2D eigenvalue weighted by Crippen LogP contribution is 2.12. The molecule has 0 unspecified atom stereocenters. The van der Waals surface area contributed by atoms with Gasteiger partial charge in [0.2, 0.25) is 0 Å². The molecule has 1 aromatic rings. The Bertz CT molecular complexity index is 322. The summed E-state index contributed by atoms with van der Waals surface area (Å²) in [6.45, 7) is 10.7. The first-order valence-corrected chi connectivity index (χ1v) is 7.22. The lowest BCUT2D eigenvalue weighted by Gasteiger charge is -2.09. The number of rotatable bonds is 10. The fourth-order valence-corrected chi connectivity index (χ4v) is 1.70. The second kappa shape index (κ2) is 9.82. The molecule has 0 atom stereocenters. The van der Waals surface area contributed by atoms with Crippen molar-refractivity contribution in [1.82, 2.24) is 5.32 Å². The van der Waals surface area contributed by atoms with E-state index in [0.29, 0.717) is 12.5 Å². The Morgan fingerprint density at radius 1 is 1.11 bits per heavy atom. The molecular formula is C16H27NO2. The summed E-state index contributed by atoms with van der Waals surface area (Å²) in [4.78, 5) is 0. The number of hydrogen-bond donors (Lipinski definition) is 1. The molecule has 0 radical (unpaired) electrons. The zero-order valence-electron chi connectivity index (χ0n) is 12.4. The first kappa shape index (κ1) is 16.0. The van der Waals surface area contributed by atoms with E-state index in [4.69, 9.17) is 9.47 Å². The van der Waals surface area contributed by atoms with Crippen molar-refractivity contribution < 1.29 is 9.47 Å². The van der Waals surface area contributed by atoms with E-state index in [-0.39, 0.29) is 0 Å². The molecule has 1 aromatic carbocycles. The predicted octanol–water partition coefficient (Wildman–Crippen LogP) is 3.24. The second-order valence-electron chi connectivity index (χ2n) is 5.07. The first-order valence-electron chi connectivity index (χ1n) is 7.22. The lowest BCUT2D eigenvalue weighted by Crippen LogP contribution is -2.18. The molecule has 0 bridgehead atoms. The average Bonchev–Trinajstić information content (AvgIpc) is 2.40. The molecule has 3 nitrogen and oxygen atoms in total. The normalized spacial score (nSPS) is 10.9. The van der Waals surface area contributed by atoms with Crippen molar-refractivity contribution in [3.05, 3.63) is 29.8 Å². The van der Waals surface area contributed by atoms with Crippen LogP contribution in [0, 0.1) is 5.92 Å². The predicted molar refractivity (Wildman–Crippen MR) is 79.6 cm³/mol. The molecule has 0 aliphatic rings. The van der Waals surface area contributed by atoms with Gasteiger partial charge < -0.3 is 14.8 Å². The summed E-state index contributed by atoms with van der Waals surface area (Å²) in [6, 6.07) is 8.30. The zero-order valence-corrected chi connectivity index (χ0v) is 12.4. The van der Waals surface area contributed by atoms with Crippen LogP contribution in [0.3, 0.4) is 0 Å². The molecule has 0 heterocycles. The van der Waals surface area contributed by atoms with Crippen molar-refractivity contribution in [2.24, 2.45) is 5.92 Å². The van der Waals surface area contributed by atoms with E-state index >= 15 is 0 Å². The minimum atomic E-state index is 0.688. The van der Waals surface area contributed by atoms with Crippen molar-refractivity contribution in [3.63, 3.8) is 0 Å². The van der Waals surface area contributed by atoms with Crippen LogP contribution in [0.5, 0.6) is 5.75 Å². The standard InChI is InChI=1S/C16H27NO2/c1-4-18-10-5-11-19-16-8-6-15(7-9-16)13-17-12-14(2)3/h6-9,14,17H,4-5,10-13H2,1-3H3. The smallest absolute Gasteiger partial charge is 0.119 e. The van der Waals surface area contributed by atoms with Crippen LogP contribution < -0.4 is 10.1 Å². The summed E-state index contributed by atoms with van der Waals surface area (Å²) in [6.07, 6.45) is 0.936. The van der Waals surface area contributed by atoms with Crippen molar-refractivity contribution in [2.45, 2.75) is 33.7 Å². The Morgan fingerprint density at radius 2 is 1.84 bits per heavy atom. The maximum absolute atomic E-state index is 5.65. The minimum absolute atomic E-state index is 0.688. The molecule has 1 rings (SSSR count). The molecule has 0 spiro atoms. The van der Waals surface area contributed by atoms with Crippen LogP contribution in [-0.4, -0.2) is 26.4 Å². The molecule has 0 saturated heterocycles. The van der Waals surface area contributed by atoms with Gasteiger partial charge in [-0.1, -0.05) is 26.0 Å². The molecule has 19 heavy (non-hydrogen) atoms. The van der Waals surface area contributed by atoms with Gasteiger partial charge in [-0.3, -0.25) is 0 Å². The van der Waals surface area contributed by atoms with Crippen LogP contribution >= 0.6 is 0 Å². The highest BCUT2D eigenvalue weighted by atomic mass is 16.5. The Balaban J connectivity index is 2.19. The van der Waals surface area contributed by atoms with E-state index in [9.17, 15) is 0 Å². The van der Waals surface area contributed by atoms with Gasteiger partial charge in [0.1, 0.15) is 5.75 Å². The largest absolute Gasteiger partial charge is 0.494 e. The fraction of sp³-hybridized carbons (Fsp3) is 0.625. The summed E-state index contributed by atoms with van der Waals surface area (Å²) in [5, 5.41) is 3.43. The molecule has 108 valence electrons. The van der Waals surface area contributed by atoms with Crippen LogP contribution in [0.1, 0.15) is 32.8 Å². The second-order valence-corrected chi connectivity index (χ2v) is 5.07. The maximum atomic E-state index is 5.65. The third-order valence-electron chi connectivity index (χ3n) is 2.71. The summed E-state index contributed by atoms with van der Waals surface area (Å²) >= 11 is 0. The molecule has 0 aliphatic heterocycles. The van der Waals surface area contributed by atoms with Crippen LogP contribution in [0.25, 0.3) is 0 Å². The van der Waals surface area contributed by atoms with Gasteiger partial charge in [-0.05, 0) is 37.1 Å². The van der Waals surface area contributed by atoms with Gasteiger partial charge >= 0.3 is 0 Å². The molecule has 1 N–H and O–H groups in total. The third-order valence-corrected chi connectivity index (χ3v) is 2.71. The van der Waals surface area contributed by atoms with Crippen molar-refractivity contribution in [1.29, 1.82) is 0 Å². The number of benzene rings is 1. The number of nitrogens with one attached hydrogen (secondary N) is 1. The average molecular weight is 265 g/mol. The highest BCUT2D eigenvalue weighted by molar-refractivity contribution is 5.27. The topological polar surface area (TPSA) is 30.5 Å². The van der Waals surface area contributed by atoms with E-state index < -0.39 is 0 Å². The van der Waals surface area contributed by atoms with Crippen LogP contribution in [0.2, 0.25) is 0 Å². The first-order chi connectivity index (χ1) is 9.22. The Kier molecular flexibility index (Phi) is 8.26. The molecule has 0 aromatic heterocycles. The SMILES string of the molecule is CCOCCCOc1ccc(CNCC(C)C)cc1. The van der Waals surface area contributed by atoms with Gasteiger partial charge in [-0.25, -0.2) is 0 Å². The monoisotopic (exact) mass is 265 g/mol. The highest BCUT2D eigenvalue weighted by Gasteiger charge is 1.97. The summed E-state index contributed by atoms with van der Waals surface area (Å²) < 4.78 is 10.9. The molecule has 0 amide bonds. The quantitative estimate of drug-likeness (QED) is 0.659. The maximum Gasteiger partial charge on any atom is 0.119 e. The van der Waals surface area contributed by atoms with Gasteiger partial charge in [-0.15, -0.1) is 0 Å². The third kappa shape index (κ3) is 7.85. The lowest BCUT2D eigenvalue weighted by molar-refractivity contribution is 0.131. The molecule has 0 fully saturated rings. The van der Waals surface area contributed by atoms with Gasteiger partial charge in [0.25, 0.3) is 0 Å². The summed E-state index contributed by atoms with van der Waals surface area (Å²) in [5.74, 6) is 1.62. The number of hydrogen-bond acceptors (Lipinski definition) is 3. The number of ether oxygens (including phenoxy) is 2. The van der Waals surface area contributed by atoms with E-state index in [1.807, 2.05) is 19.1 Å². The summed E-state index contributed by atoms with van der Waals surface area (Å²) in [7, 11) is 0.